The van der Waals surface area contributed by atoms with Crippen LogP contribution in [0.15, 0.2) is 96.7 Å². The molecule has 10 heteroatoms. The molecule has 0 aliphatic carbocycles. The van der Waals surface area contributed by atoms with Gasteiger partial charge < -0.3 is 14.6 Å². The minimum absolute atomic E-state index is 0.133. The van der Waals surface area contributed by atoms with Crippen LogP contribution >= 0.6 is 0 Å². The summed E-state index contributed by atoms with van der Waals surface area (Å²) in [5.74, 6) is -0.0899. The molecule has 2 aromatic heterocycles. The molecule has 9 nitrogen and oxygen atoms in total. The Morgan fingerprint density at radius 2 is 1.70 bits per heavy atom. The number of aryl methyl sites for hydroxylation is 1. The van der Waals surface area contributed by atoms with E-state index in [1.54, 1.807) is 49.8 Å². The molecule has 0 spiro atoms. The van der Waals surface area contributed by atoms with E-state index in [0.29, 0.717) is 5.69 Å². The van der Waals surface area contributed by atoms with Crippen LogP contribution in [0.4, 0.5) is 11.4 Å². The molecule has 1 amide bonds. The maximum atomic E-state index is 12.5. The standard InChI is InChI=1S/C18H18N4O4S.C5H5N/c1-22-11-17(19-12-22)27(24,25)21-15-10-13(8-9-16(15)26-2)18(23)20-14-6-4-3-5-7-14;1-2-4-6-5-3-1/h3-12,21H,1-2H3,(H,20,23);1-5H. The Bertz CT molecular complexity index is 1270. The lowest BCUT2D eigenvalue weighted by atomic mass is 10.1. The maximum Gasteiger partial charge on any atom is 0.281 e. The molecule has 0 bridgehead atoms. The molecule has 2 heterocycles. The predicted molar refractivity (Wildman–Crippen MR) is 126 cm³/mol. The molecule has 33 heavy (non-hydrogen) atoms. The van der Waals surface area contributed by atoms with Gasteiger partial charge in [-0.05, 0) is 42.5 Å². The fourth-order valence-corrected chi connectivity index (χ4v) is 3.74. The molecule has 0 unspecified atom stereocenters. The van der Waals surface area contributed by atoms with Gasteiger partial charge in [0.15, 0.2) is 5.03 Å². The fourth-order valence-electron chi connectivity index (χ4n) is 2.69. The van der Waals surface area contributed by atoms with Crippen molar-refractivity contribution in [3.63, 3.8) is 0 Å². The first-order valence-corrected chi connectivity index (χ1v) is 11.3. The van der Waals surface area contributed by atoms with Crippen molar-refractivity contribution < 1.29 is 17.9 Å². The van der Waals surface area contributed by atoms with Crippen LogP contribution in [-0.4, -0.2) is 36.0 Å². The van der Waals surface area contributed by atoms with Crippen molar-refractivity contribution in [3.05, 3.63) is 97.2 Å². The number of imidazole rings is 1. The van der Waals surface area contributed by atoms with Crippen LogP contribution in [0.3, 0.4) is 0 Å². The van der Waals surface area contributed by atoms with E-state index in [4.69, 9.17) is 4.74 Å². The van der Waals surface area contributed by atoms with Gasteiger partial charge in [-0.2, -0.15) is 8.42 Å². The first-order chi connectivity index (χ1) is 15.9. The minimum Gasteiger partial charge on any atom is -0.495 e. The summed E-state index contributed by atoms with van der Waals surface area (Å²) in [7, 11) is -0.838. The van der Waals surface area contributed by atoms with E-state index in [1.807, 2.05) is 24.3 Å². The first-order valence-electron chi connectivity index (χ1n) is 9.79. The highest BCUT2D eigenvalue weighted by Crippen LogP contribution is 2.28. The molecular weight excluding hydrogens is 442 g/mol. The summed E-state index contributed by atoms with van der Waals surface area (Å²) in [6.07, 6.45) is 6.26. The quantitative estimate of drug-likeness (QED) is 0.450. The van der Waals surface area contributed by atoms with Gasteiger partial charge in [-0.25, -0.2) is 4.98 Å². The average Bonchev–Trinajstić information content (AvgIpc) is 3.28. The molecule has 0 aliphatic heterocycles. The molecule has 4 rings (SSSR count). The summed E-state index contributed by atoms with van der Waals surface area (Å²) >= 11 is 0. The van der Waals surface area contributed by atoms with Gasteiger partial charge in [0.05, 0.1) is 19.1 Å². The third-order valence-electron chi connectivity index (χ3n) is 4.26. The second kappa shape index (κ2) is 10.9. The van der Waals surface area contributed by atoms with Gasteiger partial charge in [-0.15, -0.1) is 0 Å². The zero-order chi connectivity index (χ0) is 23.7. The van der Waals surface area contributed by atoms with Gasteiger partial charge >= 0.3 is 0 Å². The van der Waals surface area contributed by atoms with Gasteiger partial charge in [0.2, 0.25) is 0 Å². The Morgan fingerprint density at radius 1 is 1.00 bits per heavy atom. The Morgan fingerprint density at radius 3 is 2.24 bits per heavy atom. The third kappa shape index (κ3) is 6.65. The number of para-hydroxylation sites is 1. The average molecular weight is 466 g/mol. The van der Waals surface area contributed by atoms with Crippen molar-refractivity contribution in [2.24, 2.45) is 7.05 Å². The van der Waals surface area contributed by atoms with Gasteiger partial charge in [-0.1, -0.05) is 24.3 Å². The summed E-state index contributed by atoms with van der Waals surface area (Å²) in [4.78, 5) is 20.1. The van der Waals surface area contributed by atoms with E-state index < -0.39 is 10.0 Å². The number of hydrogen-bond donors (Lipinski definition) is 2. The second-order valence-electron chi connectivity index (χ2n) is 6.74. The number of carbonyl (C=O) groups is 1. The van der Waals surface area contributed by atoms with Crippen molar-refractivity contribution in [2.45, 2.75) is 5.03 Å². The highest BCUT2D eigenvalue weighted by molar-refractivity contribution is 7.92. The number of benzene rings is 2. The van der Waals surface area contributed by atoms with Crippen LogP contribution in [-0.2, 0) is 17.1 Å². The number of anilines is 2. The number of aromatic nitrogens is 3. The number of amides is 1. The zero-order valence-electron chi connectivity index (χ0n) is 18.0. The second-order valence-corrected chi connectivity index (χ2v) is 8.37. The Balaban J connectivity index is 0.000000442. The van der Waals surface area contributed by atoms with Crippen LogP contribution in [0.5, 0.6) is 5.75 Å². The number of nitrogens with zero attached hydrogens (tertiary/aromatic N) is 3. The van der Waals surface area contributed by atoms with E-state index >= 15 is 0 Å². The monoisotopic (exact) mass is 465 g/mol. The summed E-state index contributed by atoms with van der Waals surface area (Å²) in [6, 6.07) is 19.2. The topological polar surface area (TPSA) is 115 Å². The summed E-state index contributed by atoms with van der Waals surface area (Å²) < 4.78 is 34.2. The molecule has 2 aromatic carbocycles. The number of pyridine rings is 1. The van der Waals surface area contributed by atoms with E-state index in [-0.39, 0.29) is 27.9 Å². The minimum atomic E-state index is -3.92. The number of ether oxygens (including phenoxy) is 1. The lowest BCUT2D eigenvalue weighted by Gasteiger charge is -2.12. The summed E-state index contributed by atoms with van der Waals surface area (Å²) in [5, 5.41) is 2.61. The molecule has 2 N–H and O–H groups in total. The van der Waals surface area contributed by atoms with Gasteiger partial charge in [0.1, 0.15) is 5.75 Å². The smallest absolute Gasteiger partial charge is 0.281 e. The molecule has 0 aliphatic rings. The fraction of sp³-hybridized carbons (Fsp3) is 0.0870. The number of hydrogen-bond acceptors (Lipinski definition) is 6. The molecule has 0 radical (unpaired) electrons. The van der Waals surface area contributed by atoms with Gasteiger partial charge in [-0.3, -0.25) is 14.5 Å². The first kappa shape index (κ1) is 23.5. The molecule has 0 atom stereocenters. The van der Waals surface area contributed by atoms with Crippen LogP contribution in [0.25, 0.3) is 0 Å². The SMILES string of the molecule is COc1ccc(C(=O)Nc2ccccc2)cc1NS(=O)(=O)c1cn(C)cn1.c1ccncc1. The Labute approximate surface area is 192 Å². The van der Waals surface area contributed by atoms with E-state index in [2.05, 4.69) is 20.0 Å². The lowest BCUT2D eigenvalue weighted by molar-refractivity contribution is 0.102. The van der Waals surface area contributed by atoms with Crippen molar-refractivity contribution in [1.82, 2.24) is 14.5 Å². The Kier molecular flexibility index (Phi) is 7.77. The third-order valence-corrected chi connectivity index (χ3v) is 5.51. The predicted octanol–water partition coefficient (Wildman–Crippen LogP) is 3.56. The highest BCUT2D eigenvalue weighted by Gasteiger charge is 2.20. The number of methoxy groups -OCH3 is 1. The maximum absolute atomic E-state index is 12.5. The number of sulfonamides is 1. The number of nitrogens with one attached hydrogen (secondary N) is 2. The van der Waals surface area contributed by atoms with Crippen molar-refractivity contribution in [2.75, 3.05) is 17.1 Å². The van der Waals surface area contributed by atoms with Crippen molar-refractivity contribution in [3.8, 4) is 5.75 Å². The van der Waals surface area contributed by atoms with Crippen LogP contribution < -0.4 is 14.8 Å². The molecule has 4 aromatic rings. The van der Waals surface area contributed by atoms with Crippen LogP contribution in [0.2, 0.25) is 0 Å². The normalized spacial score (nSPS) is 10.5. The summed E-state index contributed by atoms with van der Waals surface area (Å²) in [5.41, 5.74) is 1.05. The molecule has 0 saturated heterocycles. The molecular formula is C23H23N5O4S. The van der Waals surface area contributed by atoms with E-state index in [9.17, 15) is 13.2 Å². The van der Waals surface area contributed by atoms with Crippen molar-refractivity contribution >= 4 is 27.3 Å². The number of rotatable bonds is 6. The van der Waals surface area contributed by atoms with Crippen LogP contribution in [0, 0.1) is 0 Å². The van der Waals surface area contributed by atoms with Gasteiger partial charge in [0.25, 0.3) is 15.9 Å². The van der Waals surface area contributed by atoms with E-state index in [1.165, 1.54) is 36.3 Å². The largest absolute Gasteiger partial charge is 0.495 e. The molecule has 0 fully saturated rings. The van der Waals surface area contributed by atoms with Crippen LogP contribution in [0.1, 0.15) is 10.4 Å². The highest BCUT2D eigenvalue weighted by atomic mass is 32.2. The van der Waals surface area contributed by atoms with Gasteiger partial charge in [0, 0.05) is 36.9 Å². The lowest BCUT2D eigenvalue weighted by Crippen LogP contribution is -2.16. The molecule has 0 saturated carbocycles. The molecule has 170 valence electrons. The Hall–Kier alpha value is -4.18. The summed E-state index contributed by atoms with van der Waals surface area (Å²) in [6.45, 7) is 0. The van der Waals surface area contributed by atoms with Crippen molar-refractivity contribution in [1.29, 1.82) is 0 Å². The number of carbonyl (C=O) groups excluding carboxylic acids is 1. The van der Waals surface area contributed by atoms with E-state index in [0.717, 1.165) is 0 Å². The zero-order valence-corrected chi connectivity index (χ0v) is 18.9.